The van der Waals surface area contributed by atoms with Crippen LogP contribution in [0.5, 0.6) is 0 Å². The van der Waals surface area contributed by atoms with E-state index in [0.29, 0.717) is 32.5 Å². The average molecular weight is 265 g/mol. The van der Waals surface area contributed by atoms with Gasteiger partial charge >= 0.3 is 0 Å². The Balaban J connectivity index is 3.96. The van der Waals surface area contributed by atoms with Gasteiger partial charge in [-0.2, -0.15) is 0 Å². The molecule has 0 atom stereocenters. The number of amidine groups is 1. The van der Waals surface area contributed by atoms with Crippen molar-refractivity contribution >= 4 is 15.7 Å². The topological polar surface area (TPSA) is 96.5 Å². The molecule has 0 spiro atoms. The van der Waals surface area contributed by atoms with Crippen molar-refractivity contribution in [2.24, 2.45) is 5.73 Å². The monoisotopic (exact) mass is 265 g/mol. The Morgan fingerprint density at radius 2 is 2.00 bits per heavy atom. The number of ether oxygens (including phenoxy) is 1. The summed E-state index contributed by atoms with van der Waals surface area (Å²) in [5.74, 6) is 0.340. The van der Waals surface area contributed by atoms with Crippen LogP contribution in [0.3, 0.4) is 0 Å². The molecule has 0 aliphatic rings. The Morgan fingerprint density at radius 1 is 1.35 bits per heavy atom. The zero-order valence-corrected chi connectivity index (χ0v) is 11.4. The first-order chi connectivity index (χ1) is 7.85. The maximum Gasteiger partial charge on any atom is 0.147 e. The van der Waals surface area contributed by atoms with Gasteiger partial charge in [-0.05, 0) is 13.0 Å². The van der Waals surface area contributed by atoms with E-state index in [2.05, 4.69) is 4.90 Å². The highest BCUT2D eigenvalue weighted by atomic mass is 32.2. The minimum absolute atomic E-state index is 0.149. The summed E-state index contributed by atoms with van der Waals surface area (Å²) in [6.07, 6.45) is 2.34. The second kappa shape index (κ2) is 8.43. The summed E-state index contributed by atoms with van der Waals surface area (Å²) in [5, 5.41) is 7.16. The van der Waals surface area contributed by atoms with Crippen LogP contribution in [0.1, 0.15) is 12.8 Å². The maximum atomic E-state index is 11.0. The lowest BCUT2D eigenvalue weighted by molar-refractivity contribution is 0.149. The van der Waals surface area contributed by atoms with Gasteiger partial charge in [0.05, 0.1) is 18.2 Å². The zero-order chi connectivity index (χ0) is 13.3. The van der Waals surface area contributed by atoms with E-state index in [9.17, 15) is 8.42 Å². The van der Waals surface area contributed by atoms with Crippen LogP contribution < -0.4 is 5.73 Å². The molecule has 0 unspecified atom stereocenters. The second-order valence-electron chi connectivity index (χ2n) is 4.09. The Kier molecular flexibility index (Phi) is 8.11. The predicted octanol–water partition coefficient (Wildman–Crippen LogP) is -0.304. The number of rotatable bonds is 10. The zero-order valence-electron chi connectivity index (χ0n) is 10.6. The maximum absolute atomic E-state index is 11.0. The Hall–Kier alpha value is -0.660. The molecule has 0 saturated carbocycles. The quantitative estimate of drug-likeness (QED) is 0.417. The van der Waals surface area contributed by atoms with Gasteiger partial charge in [0, 0.05) is 32.9 Å². The molecule has 0 aromatic heterocycles. The van der Waals surface area contributed by atoms with Gasteiger partial charge in [0.15, 0.2) is 0 Å². The van der Waals surface area contributed by atoms with E-state index in [0.717, 1.165) is 6.54 Å². The van der Waals surface area contributed by atoms with Gasteiger partial charge in [-0.15, -0.1) is 0 Å². The van der Waals surface area contributed by atoms with Crippen LogP contribution in [-0.4, -0.2) is 64.5 Å². The second-order valence-corrected chi connectivity index (χ2v) is 6.35. The molecule has 0 aromatic carbocycles. The summed E-state index contributed by atoms with van der Waals surface area (Å²) in [5.41, 5.74) is 5.30. The van der Waals surface area contributed by atoms with Crippen molar-refractivity contribution in [3.05, 3.63) is 0 Å². The summed E-state index contributed by atoms with van der Waals surface area (Å²) in [4.78, 5) is 2.07. The Bertz CT molecular complexity index is 317. The molecule has 0 aliphatic carbocycles. The highest BCUT2D eigenvalue weighted by Gasteiger charge is 2.08. The van der Waals surface area contributed by atoms with E-state index in [1.54, 1.807) is 7.11 Å². The van der Waals surface area contributed by atoms with Crippen molar-refractivity contribution in [2.75, 3.05) is 45.4 Å². The number of hydrogen-bond acceptors (Lipinski definition) is 5. The van der Waals surface area contributed by atoms with E-state index >= 15 is 0 Å². The molecule has 7 heteroatoms. The Morgan fingerprint density at radius 3 is 2.47 bits per heavy atom. The fourth-order valence-electron chi connectivity index (χ4n) is 1.38. The number of hydrogen-bond donors (Lipinski definition) is 2. The molecule has 6 nitrogen and oxygen atoms in total. The van der Waals surface area contributed by atoms with Crippen LogP contribution in [0.25, 0.3) is 0 Å². The molecule has 0 rings (SSSR count). The molecule has 0 radical (unpaired) electrons. The van der Waals surface area contributed by atoms with Gasteiger partial charge in [-0.3, -0.25) is 5.41 Å². The molecule has 17 heavy (non-hydrogen) atoms. The van der Waals surface area contributed by atoms with Gasteiger partial charge in [-0.25, -0.2) is 8.42 Å². The first-order valence-electron chi connectivity index (χ1n) is 5.57. The standard InChI is InChI=1S/C10H23N3O3S/c1-16-8-7-13(6-4-10(11)12)5-3-9-17(2,14)15/h3-9H2,1-2H3,(H3,11,12). The van der Waals surface area contributed by atoms with Crippen LogP contribution in [0.4, 0.5) is 0 Å². The molecule has 0 amide bonds. The van der Waals surface area contributed by atoms with Gasteiger partial charge in [-0.1, -0.05) is 0 Å². The van der Waals surface area contributed by atoms with Gasteiger partial charge in [0.2, 0.25) is 0 Å². The number of nitrogens with one attached hydrogen (secondary N) is 1. The smallest absolute Gasteiger partial charge is 0.147 e. The normalized spacial score (nSPS) is 11.9. The van der Waals surface area contributed by atoms with Crippen molar-refractivity contribution in [1.29, 1.82) is 5.41 Å². The molecule has 0 aromatic rings. The van der Waals surface area contributed by atoms with Crippen molar-refractivity contribution in [1.82, 2.24) is 4.90 Å². The van der Waals surface area contributed by atoms with Crippen LogP contribution >= 0.6 is 0 Å². The molecule has 0 saturated heterocycles. The third-order valence-electron chi connectivity index (χ3n) is 2.30. The van der Waals surface area contributed by atoms with E-state index < -0.39 is 9.84 Å². The van der Waals surface area contributed by atoms with Crippen LogP contribution in [-0.2, 0) is 14.6 Å². The first kappa shape index (κ1) is 16.3. The van der Waals surface area contributed by atoms with Crippen LogP contribution in [0, 0.1) is 5.41 Å². The molecule has 0 heterocycles. The molecular weight excluding hydrogens is 242 g/mol. The molecular formula is C10H23N3O3S. The van der Waals surface area contributed by atoms with Crippen LogP contribution in [0.15, 0.2) is 0 Å². The van der Waals surface area contributed by atoms with Crippen LogP contribution in [0.2, 0.25) is 0 Å². The number of nitrogens with zero attached hydrogens (tertiary/aromatic N) is 1. The minimum atomic E-state index is -2.90. The summed E-state index contributed by atoms with van der Waals surface area (Å²) in [6, 6.07) is 0. The third-order valence-corrected chi connectivity index (χ3v) is 3.33. The number of methoxy groups -OCH3 is 1. The Labute approximate surface area is 104 Å². The van der Waals surface area contributed by atoms with Crippen molar-refractivity contribution in [3.63, 3.8) is 0 Å². The lowest BCUT2D eigenvalue weighted by Gasteiger charge is -2.21. The predicted molar refractivity (Wildman–Crippen MR) is 69.2 cm³/mol. The molecule has 0 aliphatic heterocycles. The first-order valence-corrected chi connectivity index (χ1v) is 7.63. The average Bonchev–Trinajstić information content (AvgIpc) is 2.19. The summed E-state index contributed by atoms with van der Waals surface area (Å²) >= 11 is 0. The lowest BCUT2D eigenvalue weighted by Crippen LogP contribution is -2.32. The van der Waals surface area contributed by atoms with Crippen molar-refractivity contribution in [2.45, 2.75) is 12.8 Å². The number of sulfone groups is 1. The van der Waals surface area contributed by atoms with Gasteiger partial charge < -0.3 is 15.4 Å². The fourth-order valence-corrected chi connectivity index (χ4v) is 2.04. The van der Waals surface area contributed by atoms with E-state index in [-0.39, 0.29) is 11.6 Å². The molecule has 0 fully saturated rings. The minimum Gasteiger partial charge on any atom is -0.388 e. The molecule has 3 N–H and O–H groups in total. The summed E-state index contributed by atoms with van der Waals surface area (Å²) in [6.45, 7) is 2.68. The highest BCUT2D eigenvalue weighted by molar-refractivity contribution is 7.90. The lowest BCUT2D eigenvalue weighted by atomic mass is 10.3. The van der Waals surface area contributed by atoms with Gasteiger partial charge in [0.1, 0.15) is 9.84 Å². The molecule has 0 bridgehead atoms. The number of nitrogens with two attached hydrogens (primary N) is 1. The summed E-state index contributed by atoms with van der Waals surface area (Å²) < 4.78 is 27.0. The molecule has 102 valence electrons. The van der Waals surface area contributed by atoms with E-state index in [1.807, 2.05) is 0 Å². The summed E-state index contributed by atoms with van der Waals surface area (Å²) in [7, 11) is -1.27. The van der Waals surface area contributed by atoms with Crippen molar-refractivity contribution < 1.29 is 13.2 Å². The van der Waals surface area contributed by atoms with Crippen molar-refractivity contribution in [3.8, 4) is 0 Å². The fraction of sp³-hybridized carbons (Fsp3) is 0.900. The third kappa shape index (κ3) is 11.6. The largest absolute Gasteiger partial charge is 0.388 e. The van der Waals surface area contributed by atoms with Gasteiger partial charge in [0.25, 0.3) is 0 Å². The van der Waals surface area contributed by atoms with E-state index in [1.165, 1.54) is 6.26 Å². The highest BCUT2D eigenvalue weighted by Crippen LogP contribution is 1.97. The SMILES string of the molecule is COCCN(CCCS(C)(=O)=O)CCC(=N)N. The van der Waals surface area contributed by atoms with E-state index in [4.69, 9.17) is 15.9 Å².